The fourth-order valence-electron chi connectivity index (χ4n) is 3.99. The highest BCUT2D eigenvalue weighted by Gasteiger charge is 2.20. The van der Waals surface area contributed by atoms with E-state index in [1.165, 1.54) is 70.6 Å². The minimum absolute atomic E-state index is 0.750. The van der Waals surface area contributed by atoms with Crippen LogP contribution in [0.1, 0.15) is 117 Å². The van der Waals surface area contributed by atoms with E-state index < -0.39 is 0 Å². The van der Waals surface area contributed by atoms with Gasteiger partial charge in [-0.15, -0.1) is 0 Å². The van der Waals surface area contributed by atoms with E-state index in [0.717, 1.165) is 24.0 Å². The molecule has 2 aliphatic carbocycles. The molecule has 0 unspecified atom stereocenters. The summed E-state index contributed by atoms with van der Waals surface area (Å²) in [5, 5.41) is 10.8. The first-order valence-electron chi connectivity index (χ1n) is 10.8. The van der Waals surface area contributed by atoms with Crippen molar-refractivity contribution in [2.24, 2.45) is 11.8 Å². The van der Waals surface area contributed by atoms with Gasteiger partial charge in [0, 0.05) is 0 Å². The summed E-state index contributed by atoms with van der Waals surface area (Å²) >= 11 is 0. The maximum Gasteiger partial charge on any atom is 0.231 e. The first kappa shape index (κ1) is 27.0. The highest BCUT2D eigenvalue weighted by Crippen LogP contribution is 2.34. The molecule has 4 nitrogen and oxygen atoms in total. The molecule has 0 amide bonds. The molecule has 0 spiro atoms. The Morgan fingerprint density at radius 3 is 1.23 bits per heavy atom. The van der Waals surface area contributed by atoms with Gasteiger partial charge < -0.3 is 0 Å². The van der Waals surface area contributed by atoms with Crippen LogP contribution in [0, 0.1) is 22.7 Å². The maximum absolute atomic E-state index is 8.35. The Morgan fingerprint density at radius 1 is 0.654 bits per heavy atom. The Bertz CT molecular complexity index is 302. The Morgan fingerprint density at radius 2 is 0.962 bits per heavy atom. The van der Waals surface area contributed by atoms with Crippen LogP contribution >= 0.6 is 0 Å². The summed E-state index contributed by atoms with van der Waals surface area (Å²) in [6.07, 6.45) is 25.4. The average molecular weight is 367 g/mol. The van der Waals surface area contributed by atoms with Crippen molar-refractivity contribution in [3.63, 3.8) is 0 Å². The monoisotopic (exact) mass is 366 g/mol. The summed E-state index contributed by atoms with van der Waals surface area (Å²) < 4.78 is 0. The van der Waals surface area contributed by atoms with E-state index in [-0.39, 0.29) is 0 Å². The summed E-state index contributed by atoms with van der Waals surface area (Å²) in [7, 11) is 0. The van der Waals surface area contributed by atoms with Crippen LogP contribution in [-0.2, 0) is 9.59 Å². The van der Waals surface area contributed by atoms with Gasteiger partial charge in [-0.05, 0) is 18.3 Å². The second kappa shape index (κ2) is 23.8. The van der Waals surface area contributed by atoms with Gasteiger partial charge >= 0.3 is 0 Å². The molecule has 26 heavy (non-hydrogen) atoms. The third-order valence-electron chi connectivity index (χ3n) is 5.32. The lowest BCUT2D eigenvalue weighted by Crippen LogP contribution is -2.14. The van der Waals surface area contributed by atoms with E-state index in [1.807, 2.05) is 0 Å². The SMILES string of the molecule is C1CCC(CC2CCCCC2)CC1.CCCCCCC.N=C=O.N=C=O. The van der Waals surface area contributed by atoms with Crippen molar-refractivity contribution in [3.8, 4) is 0 Å². The lowest BCUT2D eigenvalue weighted by atomic mass is 9.78. The van der Waals surface area contributed by atoms with Crippen LogP contribution in [0.5, 0.6) is 0 Å². The van der Waals surface area contributed by atoms with Gasteiger partial charge in [-0.2, -0.15) is 0 Å². The van der Waals surface area contributed by atoms with E-state index in [0.29, 0.717) is 0 Å². The van der Waals surface area contributed by atoms with Crippen LogP contribution in [0.15, 0.2) is 0 Å². The summed E-state index contributed by atoms with van der Waals surface area (Å²) in [6.45, 7) is 4.49. The molecule has 2 fully saturated rings. The molecule has 0 atom stereocenters. The number of unbranched alkanes of at least 4 members (excludes halogenated alkanes) is 4. The predicted molar refractivity (Wildman–Crippen MR) is 109 cm³/mol. The molecule has 0 heterocycles. The molecule has 0 aromatic heterocycles. The minimum atomic E-state index is 0.750. The molecular weight excluding hydrogens is 324 g/mol. The van der Waals surface area contributed by atoms with E-state index in [1.54, 1.807) is 32.1 Å². The number of hydrogen-bond acceptors (Lipinski definition) is 4. The van der Waals surface area contributed by atoms with E-state index >= 15 is 0 Å². The molecule has 0 saturated heterocycles. The third-order valence-corrected chi connectivity index (χ3v) is 5.32. The lowest BCUT2D eigenvalue weighted by molar-refractivity contribution is 0.244. The van der Waals surface area contributed by atoms with Crippen LogP contribution < -0.4 is 0 Å². The molecule has 2 N–H and O–H groups in total. The number of isocyanates is 2. The van der Waals surface area contributed by atoms with E-state index in [4.69, 9.17) is 20.4 Å². The molecule has 2 rings (SSSR count). The zero-order valence-corrected chi connectivity index (χ0v) is 17.3. The maximum atomic E-state index is 8.35. The second-order valence-corrected chi connectivity index (χ2v) is 7.51. The second-order valence-electron chi connectivity index (χ2n) is 7.51. The molecule has 0 aromatic rings. The van der Waals surface area contributed by atoms with Gasteiger partial charge in [0.25, 0.3) is 0 Å². The number of hydrogen-bond donors (Lipinski definition) is 2. The first-order chi connectivity index (χ1) is 12.7. The van der Waals surface area contributed by atoms with Gasteiger partial charge in [0.05, 0.1) is 0 Å². The summed E-state index contributed by atoms with van der Waals surface area (Å²) in [6, 6.07) is 0. The van der Waals surface area contributed by atoms with Crippen molar-refractivity contribution in [1.29, 1.82) is 10.8 Å². The van der Waals surface area contributed by atoms with Crippen molar-refractivity contribution in [1.82, 2.24) is 0 Å². The zero-order valence-electron chi connectivity index (χ0n) is 17.3. The number of rotatable bonds is 6. The predicted octanol–water partition coefficient (Wildman–Crippen LogP) is 7.32. The molecule has 152 valence electrons. The topological polar surface area (TPSA) is 81.8 Å². The first-order valence-corrected chi connectivity index (χ1v) is 10.8. The van der Waals surface area contributed by atoms with Crippen LogP contribution in [-0.4, -0.2) is 12.2 Å². The van der Waals surface area contributed by atoms with Crippen molar-refractivity contribution < 1.29 is 9.59 Å². The van der Waals surface area contributed by atoms with Crippen LogP contribution in [0.25, 0.3) is 0 Å². The third kappa shape index (κ3) is 20.8. The van der Waals surface area contributed by atoms with Gasteiger partial charge in [-0.1, -0.05) is 110 Å². The van der Waals surface area contributed by atoms with Crippen molar-refractivity contribution in [3.05, 3.63) is 0 Å². The molecular formula is C22H42N2O2. The highest BCUT2D eigenvalue weighted by molar-refractivity contribution is 5.26. The van der Waals surface area contributed by atoms with Gasteiger partial charge in [0.15, 0.2) is 0 Å². The molecule has 2 saturated carbocycles. The fraction of sp³-hybridized carbons (Fsp3) is 0.909. The minimum Gasteiger partial charge on any atom is -0.222 e. The molecule has 0 aliphatic heterocycles. The summed E-state index contributed by atoms with van der Waals surface area (Å²) in [5.74, 6) is 2.24. The normalized spacial score (nSPS) is 17.0. The molecule has 0 radical (unpaired) electrons. The molecule has 4 heteroatoms. The standard InChI is InChI=1S/C13H24.C7H16.2CHNO/c1-3-7-12(8-4-1)11-13-9-5-2-6-10-13;1-3-5-7-6-4-2;2*2-1-3/h12-13H,1-11H2;3-7H2,1-2H3;2*2H. The largest absolute Gasteiger partial charge is 0.231 e. The highest BCUT2D eigenvalue weighted by atomic mass is 16.1. The van der Waals surface area contributed by atoms with Crippen LogP contribution in [0.4, 0.5) is 0 Å². The fourth-order valence-corrected chi connectivity index (χ4v) is 3.99. The van der Waals surface area contributed by atoms with Crippen LogP contribution in [0.3, 0.4) is 0 Å². The van der Waals surface area contributed by atoms with Gasteiger partial charge in [0.1, 0.15) is 0 Å². The van der Waals surface area contributed by atoms with E-state index in [9.17, 15) is 0 Å². The Hall–Kier alpha value is -1.24. The number of carbonyl (C=O) groups excluding carboxylic acids is 2. The van der Waals surface area contributed by atoms with Crippen molar-refractivity contribution >= 4 is 12.2 Å². The Labute approximate surface area is 161 Å². The smallest absolute Gasteiger partial charge is 0.222 e. The zero-order chi connectivity index (χ0) is 19.9. The van der Waals surface area contributed by atoms with Crippen molar-refractivity contribution in [2.45, 2.75) is 117 Å². The Kier molecular flexibility index (Phi) is 24.7. The summed E-state index contributed by atoms with van der Waals surface area (Å²) in [4.78, 5) is 16.7. The van der Waals surface area contributed by atoms with Gasteiger partial charge in [-0.3, -0.25) is 0 Å². The van der Waals surface area contributed by atoms with Crippen LogP contribution in [0.2, 0.25) is 0 Å². The molecule has 0 aromatic carbocycles. The molecule has 0 bridgehead atoms. The van der Waals surface area contributed by atoms with E-state index in [2.05, 4.69) is 13.8 Å². The van der Waals surface area contributed by atoms with Crippen molar-refractivity contribution in [2.75, 3.05) is 0 Å². The number of nitrogens with one attached hydrogen (secondary N) is 2. The molecule has 2 aliphatic rings. The average Bonchev–Trinajstić information content (AvgIpc) is 2.66. The summed E-state index contributed by atoms with van der Waals surface area (Å²) in [5.41, 5.74) is 0. The quantitative estimate of drug-likeness (QED) is 0.293. The van der Waals surface area contributed by atoms with Gasteiger partial charge in [0.2, 0.25) is 12.2 Å². The van der Waals surface area contributed by atoms with Gasteiger partial charge in [-0.25, -0.2) is 20.4 Å². The lowest BCUT2D eigenvalue weighted by Gasteiger charge is -2.28. The Balaban J connectivity index is 0.